The summed E-state index contributed by atoms with van der Waals surface area (Å²) >= 11 is 0. The van der Waals surface area contributed by atoms with Crippen LogP contribution in [0.5, 0.6) is 0 Å². The highest BCUT2D eigenvalue weighted by molar-refractivity contribution is 5.75. The van der Waals surface area contributed by atoms with Crippen LogP contribution < -0.4 is 5.32 Å². The van der Waals surface area contributed by atoms with Crippen LogP contribution in [0.15, 0.2) is 23.2 Å². The molecule has 3 heteroatoms. The quantitative estimate of drug-likeness (QED) is 0.778. The Morgan fingerprint density at radius 2 is 2.38 bits per heavy atom. The van der Waals surface area contributed by atoms with Crippen LogP contribution >= 0.6 is 0 Å². The van der Waals surface area contributed by atoms with Gasteiger partial charge in [0.05, 0.1) is 12.6 Å². The van der Waals surface area contributed by atoms with E-state index in [9.17, 15) is 0 Å². The molecule has 1 heterocycles. The SMILES string of the molecule is Cc1cccc2c1CCC2NC1=NCCO1. The summed E-state index contributed by atoms with van der Waals surface area (Å²) in [6, 6.07) is 7.63. The van der Waals surface area contributed by atoms with E-state index in [-0.39, 0.29) is 0 Å². The van der Waals surface area contributed by atoms with Crippen LogP contribution in [-0.4, -0.2) is 19.2 Å². The first-order chi connectivity index (χ1) is 7.84. The Morgan fingerprint density at radius 1 is 1.44 bits per heavy atom. The molecule has 0 radical (unpaired) electrons. The first-order valence-electron chi connectivity index (χ1n) is 5.87. The minimum atomic E-state index is 0.381. The Balaban J connectivity index is 1.83. The van der Waals surface area contributed by atoms with Gasteiger partial charge in [-0.15, -0.1) is 0 Å². The van der Waals surface area contributed by atoms with Gasteiger partial charge >= 0.3 is 0 Å². The Bertz CT molecular complexity index is 440. The Morgan fingerprint density at radius 3 is 3.19 bits per heavy atom. The second kappa shape index (κ2) is 3.81. The van der Waals surface area contributed by atoms with E-state index in [2.05, 4.69) is 35.4 Å². The van der Waals surface area contributed by atoms with Crippen molar-refractivity contribution in [1.82, 2.24) is 5.32 Å². The van der Waals surface area contributed by atoms with E-state index in [0.717, 1.165) is 32.0 Å². The number of rotatable bonds is 1. The standard InChI is InChI=1S/C13H16N2O/c1-9-3-2-4-11-10(9)5-6-12(11)15-13-14-7-8-16-13/h2-4,12H,5-8H2,1H3,(H,14,15). The van der Waals surface area contributed by atoms with Crippen LogP contribution in [0, 0.1) is 6.92 Å². The van der Waals surface area contributed by atoms with Gasteiger partial charge in [0.25, 0.3) is 6.02 Å². The number of amidine groups is 1. The third-order valence-corrected chi connectivity index (χ3v) is 3.39. The predicted octanol–water partition coefficient (Wildman–Crippen LogP) is 1.96. The van der Waals surface area contributed by atoms with Gasteiger partial charge in [-0.05, 0) is 36.5 Å². The second-order valence-electron chi connectivity index (χ2n) is 4.41. The summed E-state index contributed by atoms with van der Waals surface area (Å²) < 4.78 is 5.40. The lowest BCUT2D eigenvalue weighted by molar-refractivity contribution is 0.325. The van der Waals surface area contributed by atoms with E-state index in [0.29, 0.717) is 6.04 Å². The fourth-order valence-corrected chi connectivity index (χ4v) is 2.56. The molecule has 0 amide bonds. The number of benzene rings is 1. The maximum Gasteiger partial charge on any atom is 0.285 e. The molecule has 1 unspecified atom stereocenters. The zero-order valence-corrected chi connectivity index (χ0v) is 9.49. The number of fused-ring (bicyclic) bond motifs is 1. The van der Waals surface area contributed by atoms with Crippen LogP contribution in [0.25, 0.3) is 0 Å². The third-order valence-electron chi connectivity index (χ3n) is 3.39. The van der Waals surface area contributed by atoms with E-state index < -0.39 is 0 Å². The van der Waals surface area contributed by atoms with Crippen molar-refractivity contribution in [2.24, 2.45) is 4.99 Å². The lowest BCUT2D eigenvalue weighted by Crippen LogP contribution is -2.27. The van der Waals surface area contributed by atoms with Crippen LogP contribution in [0.1, 0.15) is 29.2 Å². The van der Waals surface area contributed by atoms with Crippen LogP contribution in [0.2, 0.25) is 0 Å². The van der Waals surface area contributed by atoms with Gasteiger partial charge in [0.1, 0.15) is 6.61 Å². The van der Waals surface area contributed by atoms with E-state index >= 15 is 0 Å². The van der Waals surface area contributed by atoms with Gasteiger partial charge in [0.15, 0.2) is 0 Å². The normalized spacial score (nSPS) is 22.6. The van der Waals surface area contributed by atoms with Crippen molar-refractivity contribution in [2.45, 2.75) is 25.8 Å². The molecule has 0 bridgehead atoms. The zero-order valence-electron chi connectivity index (χ0n) is 9.49. The molecular weight excluding hydrogens is 200 g/mol. The summed E-state index contributed by atoms with van der Waals surface area (Å²) in [7, 11) is 0. The summed E-state index contributed by atoms with van der Waals surface area (Å²) in [5.74, 6) is 0. The molecular formula is C13H16N2O. The maximum atomic E-state index is 5.40. The fourth-order valence-electron chi connectivity index (χ4n) is 2.56. The number of aryl methyl sites for hydroxylation is 1. The number of nitrogens with zero attached hydrogens (tertiary/aromatic N) is 1. The predicted molar refractivity (Wildman–Crippen MR) is 63.6 cm³/mol. The largest absolute Gasteiger partial charge is 0.463 e. The molecule has 1 aliphatic heterocycles. The average Bonchev–Trinajstić information content (AvgIpc) is 2.90. The molecule has 1 aromatic carbocycles. The highest BCUT2D eigenvalue weighted by atomic mass is 16.5. The summed E-state index contributed by atoms with van der Waals surface area (Å²) in [6.07, 6.45) is 2.30. The highest BCUT2D eigenvalue weighted by Gasteiger charge is 2.25. The van der Waals surface area contributed by atoms with Crippen LogP contribution in [0.4, 0.5) is 0 Å². The van der Waals surface area contributed by atoms with Crippen molar-refractivity contribution in [3.8, 4) is 0 Å². The summed E-state index contributed by atoms with van der Waals surface area (Å²) in [6.45, 7) is 3.69. The van der Waals surface area contributed by atoms with Gasteiger partial charge in [-0.1, -0.05) is 18.2 Å². The second-order valence-corrected chi connectivity index (χ2v) is 4.41. The monoisotopic (exact) mass is 216 g/mol. The maximum absolute atomic E-state index is 5.40. The number of hydrogen-bond acceptors (Lipinski definition) is 3. The lowest BCUT2D eigenvalue weighted by atomic mass is 10.0. The molecule has 0 spiro atoms. The fraction of sp³-hybridized carbons (Fsp3) is 0.462. The minimum Gasteiger partial charge on any atom is -0.463 e. The van der Waals surface area contributed by atoms with Gasteiger partial charge in [-0.3, -0.25) is 0 Å². The zero-order chi connectivity index (χ0) is 11.0. The van der Waals surface area contributed by atoms with Crippen molar-refractivity contribution in [3.05, 3.63) is 34.9 Å². The summed E-state index contributed by atoms with van der Waals surface area (Å²) in [4.78, 5) is 4.28. The topological polar surface area (TPSA) is 33.6 Å². The molecule has 1 atom stereocenters. The first kappa shape index (κ1) is 9.70. The number of hydrogen-bond donors (Lipinski definition) is 1. The smallest absolute Gasteiger partial charge is 0.285 e. The van der Waals surface area contributed by atoms with Crippen molar-refractivity contribution in [1.29, 1.82) is 0 Å². The van der Waals surface area contributed by atoms with Crippen molar-refractivity contribution in [2.75, 3.05) is 13.2 Å². The van der Waals surface area contributed by atoms with Gasteiger partial charge in [0, 0.05) is 0 Å². The van der Waals surface area contributed by atoms with Gasteiger partial charge in [-0.2, -0.15) is 0 Å². The number of aliphatic imine (C=N–C) groups is 1. The molecule has 2 aliphatic rings. The van der Waals surface area contributed by atoms with E-state index in [1.165, 1.54) is 16.7 Å². The van der Waals surface area contributed by atoms with E-state index in [1.807, 2.05) is 0 Å². The summed E-state index contributed by atoms with van der Waals surface area (Å²) in [5.41, 5.74) is 4.31. The molecule has 3 nitrogen and oxygen atoms in total. The van der Waals surface area contributed by atoms with E-state index in [1.54, 1.807) is 0 Å². The van der Waals surface area contributed by atoms with Gasteiger partial charge in [0.2, 0.25) is 0 Å². The Labute approximate surface area is 95.5 Å². The molecule has 0 saturated carbocycles. The first-order valence-corrected chi connectivity index (χ1v) is 5.87. The van der Waals surface area contributed by atoms with Crippen molar-refractivity contribution >= 4 is 6.02 Å². The molecule has 1 N–H and O–H groups in total. The Hall–Kier alpha value is -1.51. The molecule has 1 aromatic rings. The number of nitrogens with one attached hydrogen (secondary N) is 1. The molecule has 0 fully saturated rings. The number of ether oxygens (including phenoxy) is 1. The average molecular weight is 216 g/mol. The molecule has 84 valence electrons. The van der Waals surface area contributed by atoms with Crippen molar-refractivity contribution < 1.29 is 4.74 Å². The third kappa shape index (κ3) is 1.56. The molecule has 16 heavy (non-hydrogen) atoms. The minimum absolute atomic E-state index is 0.381. The van der Waals surface area contributed by atoms with Crippen LogP contribution in [-0.2, 0) is 11.2 Å². The molecule has 0 saturated heterocycles. The van der Waals surface area contributed by atoms with E-state index in [4.69, 9.17) is 4.74 Å². The molecule has 3 rings (SSSR count). The lowest BCUT2D eigenvalue weighted by Gasteiger charge is -2.14. The Kier molecular flexibility index (Phi) is 2.31. The van der Waals surface area contributed by atoms with Gasteiger partial charge in [-0.25, -0.2) is 4.99 Å². The summed E-state index contributed by atoms with van der Waals surface area (Å²) in [5, 5.41) is 3.39. The highest BCUT2D eigenvalue weighted by Crippen LogP contribution is 2.33. The van der Waals surface area contributed by atoms with Gasteiger partial charge < -0.3 is 10.1 Å². The van der Waals surface area contributed by atoms with Crippen LogP contribution in [0.3, 0.4) is 0 Å². The molecule has 0 aromatic heterocycles. The molecule has 1 aliphatic carbocycles. The van der Waals surface area contributed by atoms with Crippen molar-refractivity contribution in [3.63, 3.8) is 0 Å².